The van der Waals surface area contributed by atoms with Crippen molar-refractivity contribution in [2.45, 2.75) is 96.3 Å². The highest BCUT2D eigenvalue weighted by atomic mass is 32.2. The Kier molecular flexibility index (Phi) is 15.4. The van der Waals surface area contributed by atoms with Gasteiger partial charge in [0.05, 0.1) is 0 Å². The molecule has 0 fully saturated rings. The third-order valence-electron chi connectivity index (χ3n) is 5.08. The van der Waals surface area contributed by atoms with Gasteiger partial charge in [0, 0.05) is 17.8 Å². The number of hydrogen-bond acceptors (Lipinski definition) is 3. The van der Waals surface area contributed by atoms with Gasteiger partial charge in [0.25, 0.3) is 0 Å². The van der Waals surface area contributed by atoms with Gasteiger partial charge in [0.15, 0.2) is 0 Å². The number of aromatic hydroxyl groups is 1. The van der Waals surface area contributed by atoms with Crippen LogP contribution in [-0.4, -0.2) is 20.4 Å². The smallest absolute Gasteiger partial charge is 0.118 e. The molecule has 27 heavy (non-hydrogen) atoms. The van der Waals surface area contributed by atoms with E-state index in [-0.39, 0.29) is 0 Å². The molecule has 0 aliphatic rings. The molecule has 1 atom stereocenters. The van der Waals surface area contributed by atoms with Gasteiger partial charge in [-0.25, -0.2) is 4.72 Å². The standard InChI is InChI=1S/C22H39NO3S/c24-22-19-15-14-18-21(22)17-13-11-9-7-5-3-1-2-4-6-8-10-12-16-20-23-27(25)26/h14-15,18-19,23-24H,1-13,16-17,20H2,(H,25,26)/p-1. The van der Waals surface area contributed by atoms with Crippen molar-refractivity contribution in [2.24, 2.45) is 0 Å². The number of benzene rings is 1. The maximum absolute atomic E-state index is 10.3. The SMILES string of the molecule is O=S([O-])NCCCCCCCCCCCCCCCCc1ccccc1O. The number of para-hydroxylation sites is 1. The number of phenolic OH excluding ortho intramolecular Hbond substituents is 1. The topological polar surface area (TPSA) is 72.4 Å². The highest BCUT2D eigenvalue weighted by Crippen LogP contribution is 2.19. The second-order valence-corrected chi connectivity index (χ2v) is 8.22. The van der Waals surface area contributed by atoms with Crippen LogP contribution in [0, 0.1) is 0 Å². The third kappa shape index (κ3) is 14.8. The van der Waals surface area contributed by atoms with Crippen LogP contribution in [0.4, 0.5) is 0 Å². The fourth-order valence-corrected chi connectivity index (χ4v) is 3.75. The molecule has 0 radical (unpaired) electrons. The monoisotopic (exact) mass is 396 g/mol. The molecule has 1 aromatic carbocycles. The zero-order valence-electron chi connectivity index (χ0n) is 16.8. The van der Waals surface area contributed by atoms with E-state index in [1.54, 1.807) is 6.07 Å². The zero-order valence-corrected chi connectivity index (χ0v) is 17.6. The van der Waals surface area contributed by atoms with E-state index in [9.17, 15) is 13.9 Å². The largest absolute Gasteiger partial charge is 0.760 e. The fraction of sp³-hybridized carbons (Fsp3) is 0.727. The average Bonchev–Trinajstić information content (AvgIpc) is 2.65. The van der Waals surface area contributed by atoms with E-state index in [4.69, 9.17) is 0 Å². The summed E-state index contributed by atoms with van der Waals surface area (Å²) in [6.07, 6.45) is 18.7. The van der Waals surface area contributed by atoms with Crippen molar-refractivity contribution in [1.29, 1.82) is 0 Å². The Labute approximate surface area is 168 Å². The predicted octanol–water partition coefficient (Wildman–Crippen LogP) is 5.78. The Balaban J connectivity index is 1.74. The molecule has 0 aliphatic heterocycles. The first-order chi connectivity index (χ1) is 13.2. The molecular formula is C22H38NO3S-. The van der Waals surface area contributed by atoms with Gasteiger partial charge < -0.3 is 9.66 Å². The molecule has 5 heteroatoms. The van der Waals surface area contributed by atoms with Gasteiger partial charge in [-0.3, -0.25) is 4.21 Å². The van der Waals surface area contributed by atoms with Crippen LogP contribution >= 0.6 is 0 Å². The second kappa shape index (κ2) is 17.2. The van der Waals surface area contributed by atoms with Crippen LogP contribution < -0.4 is 4.72 Å². The van der Waals surface area contributed by atoms with E-state index in [1.807, 2.05) is 18.2 Å². The predicted molar refractivity (Wildman–Crippen MR) is 113 cm³/mol. The molecule has 0 saturated carbocycles. The maximum Gasteiger partial charge on any atom is 0.118 e. The van der Waals surface area contributed by atoms with Crippen molar-refractivity contribution in [3.05, 3.63) is 29.8 Å². The molecule has 0 spiro atoms. The molecule has 4 nitrogen and oxygen atoms in total. The third-order valence-corrected chi connectivity index (χ3v) is 5.52. The van der Waals surface area contributed by atoms with Crippen molar-refractivity contribution in [3.63, 3.8) is 0 Å². The molecular weight excluding hydrogens is 358 g/mol. The maximum atomic E-state index is 10.3. The van der Waals surface area contributed by atoms with Crippen molar-refractivity contribution in [3.8, 4) is 5.75 Å². The van der Waals surface area contributed by atoms with E-state index in [2.05, 4.69) is 4.72 Å². The van der Waals surface area contributed by atoms with Gasteiger partial charge in [-0.1, -0.05) is 95.2 Å². The van der Waals surface area contributed by atoms with Gasteiger partial charge in [-0.05, 0) is 30.9 Å². The van der Waals surface area contributed by atoms with E-state index < -0.39 is 11.3 Å². The minimum Gasteiger partial charge on any atom is -0.760 e. The molecule has 0 bridgehead atoms. The first kappa shape index (κ1) is 24.1. The van der Waals surface area contributed by atoms with Gasteiger partial charge in [-0.2, -0.15) is 0 Å². The van der Waals surface area contributed by atoms with Crippen LogP contribution in [0.25, 0.3) is 0 Å². The summed E-state index contributed by atoms with van der Waals surface area (Å²) in [5, 5.41) is 9.73. The van der Waals surface area contributed by atoms with E-state index >= 15 is 0 Å². The lowest BCUT2D eigenvalue weighted by Crippen LogP contribution is -2.17. The van der Waals surface area contributed by atoms with Gasteiger partial charge in [0.1, 0.15) is 5.75 Å². The molecule has 1 unspecified atom stereocenters. The number of unbranched alkanes of at least 4 members (excludes halogenated alkanes) is 13. The van der Waals surface area contributed by atoms with E-state index in [1.165, 1.54) is 77.0 Å². The summed E-state index contributed by atoms with van der Waals surface area (Å²) in [4.78, 5) is 0. The highest BCUT2D eigenvalue weighted by Gasteiger charge is 1.99. The summed E-state index contributed by atoms with van der Waals surface area (Å²) >= 11 is -2.10. The van der Waals surface area contributed by atoms with Crippen LogP contribution in [0.2, 0.25) is 0 Å². The second-order valence-electron chi connectivity index (χ2n) is 7.46. The quantitative estimate of drug-likeness (QED) is 0.244. The molecule has 0 aromatic heterocycles. The molecule has 1 rings (SSSR count). The fourth-order valence-electron chi connectivity index (χ4n) is 3.44. The number of rotatable bonds is 18. The van der Waals surface area contributed by atoms with Crippen molar-refractivity contribution in [1.82, 2.24) is 4.72 Å². The summed E-state index contributed by atoms with van der Waals surface area (Å²) in [6, 6.07) is 7.66. The molecule has 1 aromatic rings. The van der Waals surface area contributed by atoms with Crippen molar-refractivity contribution >= 4 is 11.3 Å². The van der Waals surface area contributed by atoms with Crippen molar-refractivity contribution in [2.75, 3.05) is 6.54 Å². The lowest BCUT2D eigenvalue weighted by atomic mass is 10.0. The Bertz CT molecular complexity index is 496. The summed E-state index contributed by atoms with van der Waals surface area (Å²) in [6.45, 7) is 0.574. The lowest BCUT2D eigenvalue weighted by Gasteiger charge is -2.06. The van der Waals surface area contributed by atoms with Crippen LogP contribution in [0.15, 0.2) is 24.3 Å². The number of phenols is 1. The molecule has 0 saturated heterocycles. The zero-order chi connectivity index (χ0) is 19.6. The van der Waals surface area contributed by atoms with Gasteiger partial charge in [-0.15, -0.1) is 0 Å². The average molecular weight is 397 g/mol. The van der Waals surface area contributed by atoms with Crippen LogP contribution in [0.5, 0.6) is 5.75 Å². The molecule has 156 valence electrons. The Morgan fingerprint density at radius 2 is 1.19 bits per heavy atom. The summed E-state index contributed by atoms with van der Waals surface area (Å²) in [5.41, 5.74) is 1.08. The normalized spacial score (nSPS) is 12.3. The summed E-state index contributed by atoms with van der Waals surface area (Å²) < 4.78 is 23.0. The first-order valence-corrected chi connectivity index (χ1v) is 11.9. The molecule has 0 amide bonds. The Morgan fingerprint density at radius 1 is 0.741 bits per heavy atom. The van der Waals surface area contributed by atoms with Gasteiger partial charge in [0.2, 0.25) is 0 Å². The van der Waals surface area contributed by atoms with Crippen LogP contribution in [-0.2, 0) is 17.7 Å². The van der Waals surface area contributed by atoms with E-state index in [0.717, 1.165) is 24.8 Å². The number of nitrogens with one attached hydrogen (secondary N) is 1. The molecule has 0 aliphatic carbocycles. The Morgan fingerprint density at radius 3 is 1.67 bits per heavy atom. The van der Waals surface area contributed by atoms with Crippen molar-refractivity contribution < 1.29 is 13.9 Å². The first-order valence-electron chi connectivity index (χ1n) is 10.8. The summed E-state index contributed by atoms with van der Waals surface area (Å²) in [5.74, 6) is 0.437. The summed E-state index contributed by atoms with van der Waals surface area (Å²) in [7, 11) is 0. The number of hydrogen-bond donors (Lipinski definition) is 2. The number of aryl methyl sites for hydroxylation is 1. The minimum absolute atomic E-state index is 0.437. The minimum atomic E-state index is -2.10. The molecule has 2 N–H and O–H groups in total. The van der Waals surface area contributed by atoms with Crippen LogP contribution in [0.1, 0.15) is 95.5 Å². The van der Waals surface area contributed by atoms with Gasteiger partial charge >= 0.3 is 0 Å². The molecule has 0 heterocycles. The lowest BCUT2D eigenvalue weighted by molar-refractivity contribution is 0.465. The van der Waals surface area contributed by atoms with E-state index in [0.29, 0.717) is 12.3 Å². The van der Waals surface area contributed by atoms with Crippen LogP contribution in [0.3, 0.4) is 0 Å². The highest BCUT2D eigenvalue weighted by molar-refractivity contribution is 7.77. The Hall–Kier alpha value is -0.910.